The molecule has 0 aromatic heterocycles. The van der Waals surface area contributed by atoms with Crippen LogP contribution in [0, 0.1) is 23.2 Å². The van der Waals surface area contributed by atoms with Gasteiger partial charge in [0.1, 0.15) is 0 Å². The summed E-state index contributed by atoms with van der Waals surface area (Å²) in [7, 11) is 0. The van der Waals surface area contributed by atoms with Crippen molar-refractivity contribution in [1.82, 2.24) is 0 Å². The first-order valence-corrected chi connectivity index (χ1v) is 5.12. The summed E-state index contributed by atoms with van der Waals surface area (Å²) >= 11 is 0. The number of hydrogen-bond acceptors (Lipinski definition) is 0. The SMILES string of the molecule is CC1CCCC2CC1C2(C)C. The molecule has 3 atom stereocenters. The van der Waals surface area contributed by atoms with E-state index in [2.05, 4.69) is 20.8 Å². The Kier molecular flexibility index (Phi) is 1.56. The fraction of sp³-hybridized carbons (Fsp3) is 1.00. The quantitative estimate of drug-likeness (QED) is 0.498. The number of hydrogen-bond donors (Lipinski definition) is 0. The minimum atomic E-state index is 0.690. The molecule has 0 heterocycles. The molecule has 0 N–H and O–H groups in total. The van der Waals surface area contributed by atoms with E-state index in [9.17, 15) is 0 Å². The van der Waals surface area contributed by atoms with Crippen LogP contribution < -0.4 is 0 Å². The average Bonchev–Trinajstić information content (AvgIpc) is 2.17. The molecular weight excluding hydrogens is 132 g/mol. The van der Waals surface area contributed by atoms with Gasteiger partial charge in [0, 0.05) is 0 Å². The van der Waals surface area contributed by atoms with Crippen LogP contribution in [0.2, 0.25) is 0 Å². The summed E-state index contributed by atoms with van der Waals surface area (Å²) < 4.78 is 0. The second kappa shape index (κ2) is 2.24. The Morgan fingerprint density at radius 1 is 1.18 bits per heavy atom. The van der Waals surface area contributed by atoms with E-state index in [4.69, 9.17) is 0 Å². The fourth-order valence-corrected chi connectivity index (χ4v) is 3.40. The summed E-state index contributed by atoms with van der Waals surface area (Å²) in [4.78, 5) is 0. The van der Waals surface area contributed by atoms with Crippen LogP contribution in [0.25, 0.3) is 0 Å². The maximum atomic E-state index is 2.48. The second-order valence-electron chi connectivity index (χ2n) is 5.27. The molecule has 0 aromatic carbocycles. The summed E-state index contributed by atoms with van der Waals surface area (Å²) in [5, 5.41) is 0. The average molecular weight is 152 g/mol. The van der Waals surface area contributed by atoms with Crippen LogP contribution in [0.5, 0.6) is 0 Å². The molecule has 3 rings (SSSR count). The van der Waals surface area contributed by atoms with Crippen molar-refractivity contribution >= 4 is 0 Å². The molecule has 0 heteroatoms. The van der Waals surface area contributed by atoms with E-state index in [0.29, 0.717) is 5.41 Å². The van der Waals surface area contributed by atoms with Gasteiger partial charge in [-0.05, 0) is 36.0 Å². The molecule has 0 aliphatic heterocycles. The minimum absolute atomic E-state index is 0.690. The lowest BCUT2D eigenvalue weighted by atomic mass is 9.52. The van der Waals surface area contributed by atoms with Crippen molar-refractivity contribution in [2.75, 3.05) is 0 Å². The summed E-state index contributed by atoms with van der Waals surface area (Å²) in [6, 6.07) is 0. The van der Waals surface area contributed by atoms with Crippen LogP contribution in [0.3, 0.4) is 0 Å². The molecular formula is C11H20. The zero-order chi connectivity index (χ0) is 8.06. The van der Waals surface area contributed by atoms with Crippen molar-refractivity contribution in [2.24, 2.45) is 23.2 Å². The normalized spacial score (nSPS) is 47.7. The van der Waals surface area contributed by atoms with Crippen LogP contribution in [-0.2, 0) is 0 Å². The Morgan fingerprint density at radius 3 is 2.55 bits per heavy atom. The van der Waals surface area contributed by atoms with Crippen LogP contribution in [0.4, 0.5) is 0 Å². The number of fused-ring (bicyclic) bond motifs is 3. The molecule has 2 bridgehead atoms. The largest absolute Gasteiger partial charge is 0.0622 e. The Balaban J connectivity index is 2.16. The van der Waals surface area contributed by atoms with E-state index in [0.717, 1.165) is 17.8 Å². The van der Waals surface area contributed by atoms with Gasteiger partial charge in [-0.15, -0.1) is 0 Å². The molecule has 0 radical (unpaired) electrons. The van der Waals surface area contributed by atoms with E-state index in [1.54, 1.807) is 0 Å². The van der Waals surface area contributed by atoms with Crippen molar-refractivity contribution in [1.29, 1.82) is 0 Å². The van der Waals surface area contributed by atoms with Crippen LogP contribution >= 0.6 is 0 Å². The molecule has 3 fully saturated rings. The molecule has 11 heavy (non-hydrogen) atoms. The highest BCUT2D eigenvalue weighted by Crippen LogP contribution is 2.59. The van der Waals surface area contributed by atoms with Gasteiger partial charge in [0.05, 0.1) is 0 Å². The molecule has 3 unspecified atom stereocenters. The summed E-state index contributed by atoms with van der Waals surface area (Å²) in [6.45, 7) is 7.41. The monoisotopic (exact) mass is 152 g/mol. The molecule has 3 aliphatic rings. The van der Waals surface area contributed by atoms with Gasteiger partial charge in [-0.25, -0.2) is 0 Å². The van der Waals surface area contributed by atoms with Crippen molar-refractivity contribution in [3.8, 4) is 0 Å². The van der Waals surface area contributed by atoms with Crippen molar-refractivity contribution in [3.63, 3.8) is 0 Å². The molecule has 64 valence electrons. The standard InChI is InChI=1S/C11H20/c1-8-5-4-6-9-7-10(8)11(9,2)3/h8-10H,4-7H2,1-3H3. The zero-order valence-corrected chi connectivity index (χ0v) is 8.06. The first kappa shape index (κ1) is 7.64. The Labute approximate surface area is 70.4 Å². The topological polar surface area (TPSA) is 0 Å². The van der Waals surface area contributed by atoms with Gasteiger partial charge in [-0.2, -0.15) is 0 Å². The number of rotatable bonds is 0. The molecule has 3 aliphatic carbocycles. The lowest BCUT2D eigenvalue weighted by Gasteiger charge is -2.53. The summed E-state index contributed by atoms with van der Waals surface area (Å²) in [5.41, 5.74) is 0.690. The van der Waals surface area contributed by atoms with E-state index in [-0.39, 0.29) is 0 Å². The minimum Gasteiger partial charge on any atom is -0.0622 e. The van der Waals surface area contributed by atoms with Crippen molar-refractivity contribution in [3.05, 3.63) is 0 Å². The highest BCUT2D eigenvalue weighted by atomic mass is 14.6. The third-order valence-corrected chi connectivity index (χ3v) is 4.45. The van der Waals surface area contributed by atoms with Crippen LogP contribution in [0.1, 0.15) is 46.5 Å². The Morgan fingerprint density at radius 2 is 1.91 bits per heavy atom. The van der Waals surface area contributed by atoms with Gasteiger partial charge < -0.3 is 0 Å². The van der Waals surface area contributed by atoms with Gasteiger partial charge in [0.2, 0.25) is 0 Å². The first-order valence-electron chi connectivity index (χ1n) is 5.12. The molecule has 3 saturated carbocycles. The van der Waals surface area contributed by atoms with Gasteiger partial charge in [-0.1, -0.05) is 33.6 Å². The van der Waals surface area contributed by atoms with E-state index < -0.39 is 0 Å². The molecule has 0 nitrogen and oxygen atoms in total. The molecule has 0 aromatic rings. The highest BCUT2D eigenvalue weighted by Gasteiger charge is 2.50. The van der Waals surface area contributed by atoms with E-state index in [1.165, 1.54) is 25.7 Å². The van der Waals surface area contributed by atoms with Crippen molar-refractivity contribution in [2.45, 2.75) is 46.5 Å². The van der Waals surface area contributed by atoms with Crippen molar-refractivity contribution < 1.29 is 0 Å². The van der Waals surface area contributed by atoms with Gasteiger partial charge in [-0.3, -0.25) is 0 Å². The summed E-state index contributed by atoms with van der Waals surface area (Å²) in [5.74, 6) is 3.12. The van der Waals surface area contributed by atoms with E-state index >= 15 is 0 Å². The van der Waals surface area contributed by atoms with Crippen LogP contribution in [-0.4, -0.2) is 0 Å². The molecule has 0 saturated heterocycles. The summed E-state index contributed by atoms with van der Waals surface area (Å²) in [6.07, 6.45) is 6.03. The lowest BCUT2D eigenvalue weighted by molar-refractivity contribution is -0.0395. The first-order chi connectivity index (χ1) is 5.12. The van der Waals surface area contributed by atoms with E-state index in [1.807, 2.05) is 0 Å². The molecule has 0 spiro atoms. The predicted molar refractivity (Wildman–Crippen MR) is 48.4 cm³/mol. The van der Waals surface area contributed by atoms with Gasteiger partial charge in [0.25, 0.3) is 0 Å². The third kappa shape index (κ3) is 0.947. The third-order valence-electron chi connectivity index (χ3n) is 4.45. The maximum absolute atomic E-state index is 2.48. The lowest BCUT2D eigenvalue weighted by Crippen LogP contribution is -2.45. The van der Waals surface area contributed by atoms with Gasteiger partial charge >= 0.3 is 0 Å². The Bertz CT molecular complexity index is 157. The zero-order valence-electron chi connectivity index (χ0n) is 8.06. The maximum Gasteiger partial charge on any atom is -0.0295 e. The molecule has 0 amide bonds. The predicted octanol–water partition coefficient (Wildman–Crippen LogP) is 3.47. The smallest absolute Gasteiger partial charge is 0.0295 e. The Hall–Kier alpha value is 0. The fourth-order valence-electron chi connectivity index (χ4n) is 3.40. The van der Waals surface area contributed by atoms with Gasteiger partial charge in [0.15, 0.2) is 0 Å². The second-order valence-corrected chi connectivity index (χ2v) is 5.27. The highest BCUT2D eigenvalue weighted by molar-refractivity contribution is 5.00. The van der Waals surface area contributed by atoms with Crippen LogP contribution in [0.15, 0.2) is 0 Å².